The summed E-state index contributed by atoms with van der Waals surface area (Å²) in [5, 5.41) is 10.6. The van der Waals surface area contributed by atoms with Gasteiger partial charge < -0.3 is 29.9 Å². The number of aromatic carboxylic acids is 1. The monoisotopic (exact) mass is 582 g/mol. The number of carboxylic acids is 1. The van der Waals surface area contributed by atoms with Crippen LogP contribution >= 0.6 is 23.2 Å². The van der Waals surface area contributed by atoms with Crippen molar-refractivity contribution in [3.8, 4) is 11.6 Å². The van der Waals surface area contributed by atoms with Crippen molar-refractivity contribution in [2.75, 3.05) is 42.8 Å². The third-order valence-electron chi connectivity index (χ3n) is 7.19. The Balaban J connectivity index is 1.58. The van der Waals surface area contributed by atoms with Crippen molar-refractivity contribution >= 4 is 57.4 Å². The average molecular weight is 583 g/mol. The number of carboxylic acid groups (broad SMARTS) is 1. The predicted molar refractivity (Wildman–Crippen MR) is 158 cm³/mol. The topological polar surface area (TPSA) is 127 Å². The van der Waals surface area contributed by atoms with Crippen molar-refractivity contribution in [1.82, 2.24) is 14.5 Å². The molecule has 1 saturated heterocycles. The fraction of sp³-hybridized carbons (Fsp3) is 0.286. The van der Waals surface area contributed by atoms with Crippen LogP contribution in [0.4, 0.5) is 17.3 Å². The Hall–Kier alpha value is -4.02. The number of carbonyl (C=O) groups is 1. The van der Waals surface area contributed by atoms with Gasteiger partial charge in [-0.25, -0.2) is 9.78 Å². The number of nitrogens with zero attached hydrogens (tertiary/aromatic N) is 5. The summed E-state index contributed by atoms with van der Waals surface area (Å²) in [5.41, 5.74) is 6.66. The summed E-state index contributed by atoms with van der Waals surface area (Å²) in [5.74, 6) is 0.260. The molecular formula is C28H28Cl2N6O4. The zero-order valence-electron chi connectivity index (χ0n) is 22.1. The third-order valence-corrected chi connectivity index (χ3v) is 7.78. The van der Waals surface area contributed by atoms with Gasteiger partial charge in [-0.1, -0.05) is 30.1 Å². The maximum absolute atomic E-state index is 13.1. The molecule has 2 unspecified atom stereocenters. The molecule has 4 heterocycles. The van der Waals surface area contributed by atoms with Crippen LogP contribution in [-0.2, 0) is 0 Å². The second-order valence-corrected chi connectivity index (χ2v) is 10.8. The van der Waals surface area contributed by atoms with Gasteiger partial charge in [0, 0.05) is 44.5 Å². The zero-order valence-corrected chi connectivity index (χ0v) is 23.6. The van der Waals surface area contributed by atoms with E-state index in [-0.39, 0.29) is 28.7 Å². The number of halogens is 2. The molecule has 5 rings (SSSR count). The van der Waals surface area contributed by atoms with E-state index in [1.54, 1.807) is 22.8 Å². The lowest BCUT2D eigenvalue weighted by Crippen LogP contribution is -2.37. The number of rotatable bonds is 7. The number of hydrogen-bond acceptors (Lipinski definition) is 8. The van der Waals surface area contributed by atoms with E-state index in [1.165, 1.54) is 18.5 Å². The van der Waals surface area contributed by atoms with Gasteiger partial charge in [0.25, 0.3) is 0 Å². The molecule has 1 aromatic carbocycles. The van der Waals surface area contributed by atoms with E-state index >= 15 is 0 Å². The normalized spacial score (nSPS) is 16.9. The predicted octanol–water partition coefficient (Wildman–Crippen LogP) is 4.73. The molecule has 3 aromatic heterocycles. The summed E-state index contributed by atoms with van der Waals surface area (Å²) in [6.07, 6.45) is 3.72. The number of anilines is 3. The van der Waals surface area contributed by atoms with Crippen LogP contribution in [0.5, 0.6) is 5.88 Å². The van der Waals surface area contributed by atoms with Gasteiger partial charge in [-0.2, -0.15) is 4.98 Å². The molecule has 12 heteroatoms. The van der Waals surface area contributed by atoms with Gasteiger partial charge in [-0.3, -0.25) is 4.79 Å². The molecule has 40 heavy (non-hydrogen) atoms. The van der Waals surface area contributed by atoms with Crippen LogP contribution in [0, 0.1) is 5.92 Å². The molecule has 208 valence electrons. The van der Waals surface area contributed by atoms with Gasteiger partial charge in [0.1, 0.15) is 28.8 Å². The van der Waals surface area contributed by atoms with Gasteiger partial charge in [-0.05, 0) is 42.7 Å². The van der Waals surface area contributed by atoms with Gasteiger partial charge in [0.2, 0.25) is 11.3 Å². The molecule has 3 N–H and O–H groups in total. The summed E-state index contributed by atoms with van der Waals surface area (Å²) in [4.78, 5) is 37.6. The van der Waals surface area contributed by atoms with Crippen molar-refractivity contribution in [2.24, 2.45) is 5.92 Å². The van der Waals surface area contributed by atoms with E-state index in [4.69, 9.17) is 33.7 Å². The lowest BCUT2D eigenvalue weighted by Gasteiger charge is -2.30. The first-order valence-corrected chi connectivity index (χ1v) is 13.4. The first kappa shape index (κ1) is 27.5. The summed E-state index contributed by atoms with van der Waals surface area (Å²) in [6.45, 7) is 3.16. The van der Waals surface area contributed by atoms with Crippen molar-refractivity contribution in [2.45, 2.75) is 19.4 Å². The minimum absolute atomic E-state index is 0.0640. The van der Waals surface area contributed by atoms with E-state index in [0.29, 0.717) is 46.0 Å². The number of benzene rings is 1. The van der Waals surface area contributed by atoms with Crippen LogP contribution in [-0.4, -0.2) is 58.9 Å². The molecule has 1 aliphatic heterocycles. The molecule has 0 spiro atoms. The molecule has 0 amide bonds. The minimum Gasteiger partial charge on any atom is -0.477 e. The van der Waals surface area contributed by atoms with Gasteiger partial charge in [-0.15, -0.1) is 0 Å². The van der Waals surface area contributed by atoms with Crippen LogP contribution in [0.2, 0.25) is 10.0 Å². The Morgan fingerprint density at radius 1 is 1.20 bits per heavy atom. The lowest BCUT2D eigenvalue weighted by molar-refractivity contribution is 0.0695. The summed E-state index contributed by atoms with van der Waals surface area (Å²) in [7, 11) is 3.78. The third kappa shape index (κ3) is 5.12. The molecule has 0 saturated carbocycles. The number of aromatic nitrogens is 3. The van der Waals surface area contributed by atoms with Gasteiger partial charge in [0.05, 0.1) is 28.0 Å². The fourth-order valence-corrected chi connectivity index (χ4v) is 5.43. The van der Waals surface area contributed by atoms with Crippen molar-refractivity contribution in [3.63, 3.8) is 0 Å². The number of fused-ring (bicyclic) bond motifs is 1. The average Bonchev–Trinajstić information content (AvgIpc) is 3.27. The maximum atomic E-state index is 13.1. The van der Waals surface area contributed by atoms with E-state index in [9.17, 15) is 14.7 Å². The molecule has 1 aliphatic rings. The summed E-state index contributed by atoms with van der Waals surface area (Å²) >= 11 is 13.1. The van der Waals surface area contributed by atoms with Crippen LogP contribution in [0.1, 0.15) is 23.7 Å². The number of nitrogen functional groups attached to an aromatic ring is 1. The number of hydrogen-bond donors (Lipinski definition) is 2. The molecule has 0 radical (unpaired) electrons. The molecule has 2 atom stereocenters. The molecule has 1 fully saturated rings. The van der Waals surface area contributed by atoms with Crippen molar-refractivity contribution in [3.05, 3.63) is 74.6 Å². The van der Waals surface area contributed by atoms with Crippen LogP contribution in [0.3, 0.4) is 0 Å². The van der Waals surface area contributed by atoms with Crippen molar-refractivity contribution < 1.29 is 14.6 Å². The number of ether oxygens (including phenoxy) is 1. The summed E-state index contributed by atoms with van der Waals surface area (Å²) < 4.78 is 7.76. The van der Waals surface area contributed by atoms with E-state index in [2.05, 4.69) is 21.8 Å². The Kier molecular flexibility index (Phi) is 7.48. The highest BCUT2D eigenvalue weighted by Gasteiger charge is 2.34. The van der Waals surface area contributed by atoms with Gasteiger partial charge in [0.15, 0.2) is 0 Å². The molecular weight excluding hydrogens is 555 g/mol. The first-order valence-electron chi connectivity index (χ1n) is 12.6. The van der Waals surface area contributed by atoms with E-state index in [0.717, 1.165) is 12.2 Å². The van der Waals surface area contributed by atoms with Crippen LogP contribution in [0.25, 0.3) is 16.6 Å². The summed E-state index contributed by atoms with van der Waals surface area (Å²) in [6, 6.07) is 10.1. The molecule has 0 aliphatic carbocycles. The van der Waals surface area contributed by atoms with Crippen molar-refractivity contribution in [1.29, 1.82) is 0 Å². The smallest absolute Gasteiger partial charge is 0.341 e. The van der Waals surface area contributed by atoms with Crippen LogP contribution in [0.15, 0.2) is 53.6 Å². The molecule has 4 aromatic rings. The Bertz CT molecular complexity index is 1680. The maximum Gasteiger partial charge on any atom is 0.341 e. The highest BCUT2D eigenvalue weighted by molar-refractivity contribution is 6.34. The Morgan fingerprint density at radius 3 is 2.67 bits per heavy atom. The quantitative estimate of drug-likeness (QED) is 0.318. The van der Waals surface area contributed by atoms with Crippen LogP contribution < -0.4 is 25.7 Å². The lowest BCUT2D eigenvalue weighted by atomic mass is 10.0. The molecule has 0 bridgehead atoms. The van der Waals surface area contributed by atoms with Gasteiger partial charge >= 0.3 is 5.97 Å². The minimum atomic E-state index is -1.33. The number of nitrogens with two attached hydrogens (primary N) is 1. The second kappa shape index (κ2) is 10.9. The second-order valence-electron chi connectivity index (χ2n) is 10.00. The fourth-order valence-electron chi connectivity index (χ4n) is 5.00. The molecule has 10 nitrogen and oxygen atoms in total. The number of pyridine rings is 3. The highest BCUT2D eigenvalue weighted by atomic mass is 35.5. The Labute approximate surface area is 240 Å². The Morgan fingerprint density at radius 2 is 1.98 bits per heavy atom. The largest absolute Gasteiger partial charge is 0.477 e. The van der Waals surface area contributed by atoms with E-state index < -0.39 is 11.4 Å². The highest BCUT2D eigenvalue weighted by Crippen LogP contribution is 2.38. The first-order chi connectivity index (χ1) is 19.0. The SMILES string of the molecule is CC1CCN(c2cc3c(cc2Cl)c(=O)c(C(=O)O)cn3-c2ccnc(N)c2)C1COc1nc(N(C)C)ccc1Cl. The zero-order chi connectivity index (χ0) is 28.7. The van der Waals surface area contributed by atoms with E-state index in [1.807, 2.05) is 31.1 Å². The standard InChI is InChI=1S/C28H28Cl2N6O4/c1-15-7-9-35(23(15)14-40-27-19(29)4-5-25(33-27)34(2)3)22-12-21-17(11-20(22)30)26(37)18(28(38)39)13-36(21)16-6-8-32-24(31)10-16/h4-6,8,10-13,15,23H,7,9,14H2,1-3H3,(H2,31,32)(H,38,39).